The summed E-state index contributed by atoms with van der Waals surface area (Å²) in [6, 6.07) is 4.05. The first kappa shape index (κ1) is 15.8. The average Bonchev–Trinajstić information content (AvgIpc) is 2.78. The van der Waals surface area contributed by atoms with Crippen molar-refractivity contribution < 1.29 is 9.90 Å². The number of aliphatic carboxylic acids is 1. The molecule has 21 heavy (non-hydrogen) atoms. The van der Waals surface area contributed by atoms with Crippen LogP contribution >= 0.6 is 11.6 Å². The van der Waals surface area contributed by atoms with Gasteiger partial charge in [0.25, 0.3) is 0 Å². The number of halogens is 1. The predicted molar refractivity (Wildman–Crippen MR) is 82.6 cm³/mol. The number of hydrogen-bond donors (Lipinski definition) is 1. The summed E-state index contributed by atoms with van der Waals surface area (Å²) in [6.07, 6.45) is 4.64. The lowest BCUT2D eigenvalue weighted by Crippen LogP contribution is -2.31. The van der Waals surface area contributed by atoms with E-state index in [0.717, 1.165) is 17.9 Å². The molecule has 0 saturated heterocycles. The van der Waals surface area contributed by atoms with E-state index in [0.29, 0.717) is 24.0 Å². The second kappa shape index (κ2) is 6.91. The zero-order valence-electron chi connectivity index (χ0n) is 12.3. The minimum absolute atomic E-state index is 0.198. The van der Waals surface area contributed by atoms with E-state index in [1.165, 1.54) is 0 Å². The Balaban J connectivity index is 2.05. The molecule has 2 aromatic heterocycles. The molecular formula is C15H20ClN3O2. The summed E-state index contributed by atoms with van der Waals surface area (Å²) in [6.45, 7) is 5.66. The van der Waals surface area contributed by atoms with Gasteiger partial charge in [0.2, 0.25) is 0 Å². The van der Waals surface area contributed by atoms with E-state index in [1.54, 1.807) is 0 Å². The molecule has 6 heteroatoms. The zero-order chi connectivity index (χ0) is 15.4. The fourth-order valence-corrected chi connectivity index (χ4v) is 2.42. The van der Waals surface area contributed by atoms with Gasteiger partial charge in [0.15, 0.2) is 0 Å². The topological polar surface area (TPSA) is 57.8 Å². The molecule has 114 valence electrons. The smallest absolute Gasteiger partial charge is 0.303 e. The molecule has 2 aromatic rings. The van der Waals surface area contributed by atoms with E-state index in [4.69, 9.17) is 16.7 Å². The number of imidazole rings is 1. The van der Waals surface area contributed by atoms with Crippen LogP contribution in [0, 0.1) is 0 Å². The predicted octanol–water partition coefficient (Wildman–Crippen LogP) is 3.06. The Labute approximate surface area is 129 Å². The van der Waals surface area contributed by atoms with Gasteiger partial charge in [-0.25, -0.2) is 4.98 Å². The van der Waals surface area contributed by atoms with Crippen molar-refractivity contribution in [1.29, 1.82) is 0 Å². The van der Waals surface area contributed by atoms with Crippen molar-refractivity contribution in [3.63, 3.8) is 0 Å². The van der Waals surface area contributed by atoms with Gasteiger partial charge >= 0.3 is 5.97 Å². The molecule has 0 atom stereocenters. The molecule has 2 rings (SSSR count). The number of aromatic nitrogens is 2. The number of pyridine rings is 1. The van der Waals surface area contributed by atoms with Crippen LogP contribution < -0.4 is 0 Å². The van der Waals surface area contributed by atoms with Crippen molar-refractivity contribution in [1.82, 2.24) is 14.3 Å². The van der Waals surface area contributed by atoms with Crippen LogP contribution in [-0.4, -0.2) is 37.9 Å². The van der Waals surface area contributed by atoms with Crippen LogP contribution in [0.15, 0.2) is 24.5 Å². The van der Waals surface area contributed by atoms with E-state index >= 15 is 0 Å². The van der Waals surface area contributed by atoms with Gasteiger partial charge in [0, 0.05) is 31.4 Å². The maximum absolute atomic E-state index is 10.6. The number of nitrogens with zero attached hydrogens (tertiary/aromatic N) is 3. The van der Waals surface area contributed by atoms with Crippen LogP contribution in [-0.2, 0) is 11.3 Å². The van der Waals surface area contributed by atoms with Crippen LogP contribution in [0.4, 0.5) is 0 Å². The molecule has 0 saturated carbocycles. The minimum Gasteiger partial charge on any atom is -0.481 e. The van der Waals surface area contributed by atoms with Gasteiger partial charge in [0.1, 0.15) is 5.65 Å². The molecular weight excluding hydrogens is 290 g/mol. The molecule has 0 fully saturated rings. The summed E-state index contributed by atoms with van der Waals surface area (Å²) in [5, 5.41) is 9.40. The second-order valence-corrected chi connectivity index (χ2v) is 5.84. The number of hydrogen-bond acceptors (Lipinski definition) is 3. The third-order valence-corrected chi connectivity index (χ3v) is 3.62. The molecule has 0 spiro atoms. The highest BCUT2D eigenvalue weighted by molar-refractivity contribution is 6.30. The van der Waals surface area contributed by atoms with Gasteiger partial charge in [-0.05, 0) is 38.9 Å². The van der Waals surface area contributed by atoms with E-state index in [1.807, 2.05) is 28.9 Å². The van der Waals surface area contributed by atoms with Gasteiger partial charge in [-0.2, -0.15) is 0 Å². The summed E-state index contributed by atoms with van der Waals surface area (Å²) in [7, 11) is 0. The summed E-state index contributed by atoms with van der Waals surface area (Å²) in [5.41, 5.74) is 1.82. The van der Waals surface area contributed by atoms with Crippen LogP contribution in [0.2, 0.25) is 5.02 Å². The fraction of sp³-hybridized carbons (Fsp3) is 0.467. The Morgan fingerprint density at radius 3 is 2.86 bits per heavy atom. The highest BCUT2D eigenvalue weighted by atomic mass is 35.5. The van der Waals surface area contributed by atoms with Crippen molar-refractivity contribution in [3.8, 4) is 0 Å². The number of rotatable bonds is 7. The normalized spacial score (nSPS) is 11.7. The number of fused-ring (bicyclic) bond motifs is 1. The molecule has 0 amide bonds. The van der Waals surface area contributed by atoms with Crippen molar-refractivity contribution >= 4 is 23.2 Å². The van der Waals surface area contributed by atoms with Crippen LogP contribution in [0.1, 0.15) is 32.4 Å². The van der Waals surface area contributed by atoms with E-state index in [-0.39, 0.29) is 6.42 Å². The first-order chi connectivity index (χ1) is 9.95. The van der Waals surface area contributed by atoms with Gasteiger partial charge in [0.05, 0.1) is 10.7 Å². The standard InChI is InChI=1S/C15H20ClN3O2/c1-11(2)18(7-3-4-15(20)21)9-13-10-19-8-12(16)5-6-14(19)17-13/h5-6,8,10-11H,3-4,7,9H2,1-2H3,(H,20,21). The van der Waals surface area contributed by atoms with E-state index < -0.39 is 5.97 Å². The largest absolute Gasteiger partial charge is 0.481 e. The van der Waals surface area contributed by atoms with Crippen molar-refractivity contribution in [2.45, 2.75) is 39.3 Å². The molecule has 0 aromatic carbocycles. The zero-order valence-corrected chi connectivity index (χ0v) is 13.0. The molecule has 0 bridgehead atoms. The summed E-state index contributed by atoms with van der Waals surface area (Å²) < 4.78 is 1.91. The van der Waals surface area contributed by atoms with Crippen molar-refractivity contribution in [3.05, 3.63) is 35.2 Å². The lowest BCUT2D eigenvalue weighted by molar-refractivity contribution is -0.137. The number of carbonyl (C=O) groups is 1. The molecule has 0 unspecified atom stereocenters. The quantitative estimate of drug-likeness (QED) is 0.854. The SMILES string of the molecule is CC(C)N(CCCC(=O)O)Cc1cn2cc(Cl)ccc2n1. The first-order valence-electron chi connectivity index (χ1n) is 7.04. The lowest BCUT2D eigenvalue weighted by Gasteiger charge is -2.25. The van der Waals surface area contributed by atoms with E-state index in [9.17, 15) is 4.79 Å². The summed E-state index contributed by atoms with van der Waals surface area (Å²) in [4.78, 5) is 17.4. The summed E-state index contributed by atoms with van der Waals surface area (Å²) >= 11 is 5.97. The Kier molecular flexibility index (Phi) is 5.20. The minimum atomic E-state index is -0.749. The Morgan fingerprint density at radius 1 is 1.43 bits per heavy atom. The molecule has 5 nitrogen and oxygen atoms in total. The van der Waals surface area contributed by atoms with Crippen LogP contribution in [0.5, 0.6) is 0 Å². The highest BCUT2D eigenvalue weighted by Gasteiger charge is 2.13. The van der Waals surface area contributed by atoms with Gasteiger partial charge < -0.3 is 9.51 Å². The van der Waals surface area contributed by atoms with Crippen molar-refractivity contribution in [2.24, 2.45) is 0 Å². The Hall–Kier alpha value is -1.59. The molecule has 2 heterocycles. The molecule has 0 aliphatic carbocycles. The second-order valence-electron chi connectivity index (χ2n) is 5.41. The monoisotopic (exact) mass is 309 g/mol. The Morgan fingerprint density at radius 2 is 2.19 bits per heavy atom. The fourth-order valence-electron chi connectivity index (χ4n) is 2.25. The summed E-state index contributed by atoms with van der Waals surface area (Å²) in [5.74, 6) is -0.749. The van der Waals surface area contributed by atoms with Gasteiger partial charge in [-0.1, -0.05) is 11.6 Å². The number of carboxylic acids is 1. The highest BCUT2D eigenvalue weighted by Crippen LogP contribution is 2.14. The maximum atomic E-state index is 10.6. The van der Waals surface area contributed by atoms with Crippen LogP contribution in [0.25, 0.3) is 5.65 Å². The molecule has 0 aliphatic heterocycles. The average molecular weight is 310 g/mol. The molecule has 0 aliphatic rings. The van der Waals surface area contributed by atoms with Gasteiger partial charge in [-0.15, -0.1) is 0 Å². The molecule has 0 radical (unpaired) electrons. The van der Waals surface area contributed by atoms with Crippen LogP contribution in [0.3, 0.4) is 0 Å². The van der Waals surface area contributed by atoms with E-state index in [2.05, 4.69) is 23.7 Å². The first-order valence-corrected chi connectivity index (χ1v) is 7.42. The lowest BCUT2D eigenvalue weighted by atomic mass is 10.2. The Bertz CT molecular complexity index is 624. The molecule has 1 N–H and O–H groups in total. The third kappa shape index (κ3) is 4.44. The van der Waals surface area contributed by atoms with Gasteiger partial charge in [-0.3, -0.25) is 9.69 Å². The third-order valence-electron chi connectivity index (χ3n) is 3.40. The van der Waals surface area contributed by atoms with Crippen molar-refractivity contribution in [2.75, 3.05) is 6.54 Å². The maximum Gasteiger partial charge on any atom is 0.303 e. The number of carboxylic acid groups (broad SMARTS) is 1.